The Morgan fingerprint density at radius 1 is 1.00 bits per heavy atom. The minimum Gasteiger partial charge on any atom is -0.478 e. The summed E-state index contributed by atoms with van der Waals surface area (Å²) in [6.45, 7) is 2.22. The van der Waals surface area contributed by atoms with E-state index in [4.69, 9.17) is 0 Å². The zero-order chi connectivity index (χ0) is 19.8. The molecule has 1 atom stereocenters. The number of hydrogen-bond acceptors (Lipinski definition) is 3. The van der Waals surface area contributed by atoms with Crippen LogP contribution < -0.4 is 4.90 Å². The van der Waals surface area contributed by atoms with Gasteiger partial charge < -0.3 is 10.0 Å². The largest absolute Gasteiger partial charge is 0.478 e. The maximum absolute atomic E-state index is 13.4. The summed E-state index contributed by atoms with van der Waals surface area (Å²) in [5.74, 6) is -1.40. The van der Waals surface area contributed by atoms with Crippen molar-refractivity contribution in [2.24, 2.45) is 0 Å². The highest BCUT2D eigenvalue weighted by atomic mass is 32.2. The predicted octanol–water partition coefficient (Wildman–Crippen LogP) is 4.02. The minimum absolute atomic E-state index is 0.0451. The van der Waals surface area contributed by atoms with Gasteiger partial charge in [0.1, 0.15) is 0 Å². The molecule has 0 radical (unpaired) electrons. The van der Waals surface area contributed by atoms with E-state index in [2.05, 4.69) is 0 Å². The monoisotopic (exact) mass is 391 g/mol. The third kappa shape index (κ3) is 3.12. The lowest BCUT2D eigenvalue weighted by Gasteiger charge is -2.23. The van der Waals surface area contributed by atoms with Crippen molar-refractivity contribution < 1.29 is 18.9 Å². The fourth-order valence-corrected chi connectivity index (χ4v) is 4.69. The van der Waals surface area contributed by atoms with Gasteiger partial charge in [0, 0.05) is 0 Å². The Kier molecular flexibility index (Phi) is 4.57. The van der Waals surface area contributed by atoms with Gasteiger partial charge >= 0.3 is 5.97 Å². The first-order valence-corrected chi connectivity index (χ1v) is 9.86. The normalized spacial score (nSPS) is 15.5. The molecule has 3 aromatic rings. The molecule has 4 rings (SSSR count). The summed E-state index contributed by atoms with van der Waals surface area (Å²) in [5, 5.41) is 9.40. The summed E-state index contributed by atoms with van der Waals surface area (Å²) in [7, 11) is -1.59. The lowest BCUT2D eigenvalue weighted by molar-refractivity contribution is 0.0696. The highest BCUT2D eigenvalue weighted by molar-refractivity contribution is 7.85. The molecule has 1 aliphatic heterocycles. The molecule has 1 N–H and O–H groups in total. The van der Waals surface area contributed by atoms with Crippen molar-refractivity contribution in [2.45, 2.75) is 23.3 Å². The lowest BCUT2D eigenvalue weighted by atomic mass is 10.1. The zero-order valence-electron chi connectivity index (χ0n) is 15.1. The van der Waals surface area contributed by atoms with Crippen LogP contribution in [0.3, 0.4) is 0 Å². The Hall–Kier alpha value is -3.25. The van der Waals surface area contributed by atoms with E-state index in [1.165, 1.54) is 23.1 Å². The molecular formula is C22H17NO4S. The van der Waals surface area contributed by atoms with Gasteiger partial charge in [-0.05, 0) is 42.8 Å². The Bertz CT molecular complexity index is 1140. The molecular weight excluding hydrogens is 374 g/mol. The molecule has 1 aliphatic rings. The summed E-state index contributed by atoms with van der Waals surface area (Å²) in [5.41, 5.74) is 2.74. The number of rotatable bonds is 3. The molecule has 5 nitrogen and oxygen atoms in total. The molecule has 28 heavy (non-hydrogen) atoms. The fourth-order valence-electron chi connectivity index (χ4n) is 3.35. The van der Waals surface area contributed by atoms with Crippen LogP contribution in [0.2, 0.25) is 0 Å². The number of fused-ring (bicyclic) bond motifs is 2. The van der Waals surface area contributed by atoms with Crippen LogP contribution in [0.25, 0.3) is 0 Å². The summed E-state index contributed by atoms with van der Waals surface area (Å²) in [4.78, 5) is 27.2. The molecule has 140 valence electrons. The topological polar surface area (TPSA) is 74.7 Å². The number of benzene rings is 3. The number of carbonyl (C=O) groups is 2. The molecule has 3 aromatic carbocycles. The molecule has 1 amide bonds. The number of hydrogen-bond donors (Lipinski definition) is 1. The number of anilines is 1. The van der Waals surface area contributed by atoms with Gasteiger partial charge in [-0.2, -0.15) is 0 Å². The molecule has 6 heteroatoms. The van der Waals surface area contributed by atoms with Crippen LogP contribution in [0.4, 0.5) is 5.69 Å². The van der Waals surface area contributed by atoms with Gasteiger partial charge in [-0.15, -0.1) is 0 Å². The first-order chi connectivity index (χ1) is 13.5. The van der Waals surface area contributed by atoms with Crippen molar-refractivity contribution in [1.82, 2.24) is 0 Å². The first-order valence-electron chi connectivity index (χ1n) is 8.71. The Morgan fingerprint density at radius 3 is 2.54 bits per heavy atom. The molecule has 0 aliphatic carbocycles. The maximum atomic E-state index is 13.4. The standard InChI is InChI=1S/C22H17NO4S/c1-14-5-4-6-15(11-14)13-23-18-12-16(22(25)26)9-10-20(18)28(27)19-8-3-2-7-17(19)21(23)24/h2-12H,13H2,1H3,(H,25,26). The second-order valence-corrected chi connectivity index (χ2v) is 8.05. The van der Waals surface area contributed by atoms with Crippen LogP contribution in [0.15, 0.2) is 76.5 Å². The van der Waals surface area contributed by atoms with E-state index in [1.54, 1.807) is 24.3 Å². The molecule has 0 saturated heterocycles. The van der Waals surface area contributed by atoms with Gasteiger partial charge in [-0.3, -0.25) is 4.79 Å². The predicted molar refractivity (Wildman–Crippen MR) is 106 cm³/mol. The van der Waals surface area contributed by atoms with Gasteiger partial charge in [0.05, 0.1) is 43.9 Å². The number of amides is 1. The zero-order valence-corrected chi connectivity index (χ0v) is 15.9. The SMILES string of the molecule is Cc1cccc(CN2C(=O)c3ccccc3S(=O)c3ccc(C(=O)O)cc32)c1. The Morgan fingerprint density at radius 2 is 1.79 bits per heavy atom. The number of carboxylic acids is 1. The van der Waals surface area contributed by atoms with E-state index in [1.807, 2.05) is 31.2 Å². The number of aromatic carboxylic acids is 1. The van der Waals surface area contributed by atoms with Crippen molar-refractivity contribution in [2.75, 3.05) is 4.90 Å². The van der Waals surface area contributed by atoms with E-state index < -0.39 is 16.8 Å². The summed E-state index contributed by atoms with van der Waals surface area (Å²) in [6.07, 6.45) is 0. The van der Waals surface area contributed by atoms with Crippen molar-refractivity contribution in [1.29, 1.82) is 0 Å². The van der Waals surface area contributed by atoms with Crippen LogP contribution in [-0.4, -0.2) is 21.2 Å². The third-order valence-corrected chi connectivity index (χ3v) is 6.18. The average Bonchev–Trinajstić information content (AvgIpc) is 2.78. The molecule has 1 unspecified atom stereocenters. The van der Waals surface area contributed by atoms with Gasteiger partial charge in [-0.25, -0.2) is 9.00 Å². The van der Waals surface area contributed by atoms with Crippen molar-refractivity contribution >= 4 is 28.4 Å². The van der Waals surface area contributed by atoms with E-state index in [-0.39, 0.29) is 18.0 Å². The van der Waals surface area contributed by atoms with Crippen LogP contribution in [0.1, 0.15) is 31.8 Å². The quantitative estimate of drug-likeness (QED) is 0.732. The van der Waals surface area contributed by atoms with Crippen LogP contribution in [-0.2, 0) is 17.3 Å². The molecule has 1 heterocycles. The van der Waals surface area contributed by atoms with E-state index in [0.717, 1.165) is 11.1 Å². The van der Waals surface area contributed by atoms with Crippen LogP contribution in [0.5, 0.6) is 0 Å². The number of carbonyl (C=O) groups excluding carboxylic acids is 1. The molecule has 0 saturated carbocycles. The molecule has 0 spiro atoms. The summed E-state index contributed by atoms with van der Waals surface area (Å²) < 4.78 is 13.2. The maximum Gasteiger partial charge on any atom is 0.335 e. The van der Waals surface area contributed by atoms with Crippen molar-refractivity contribution in [3.8, 4) is 0 Å². The number of aryl methyl sites for hydroxylation is 1. The first kappa shape index (κ1) is 18.1. The van der Waals surface area contributed by atoms with Crippen LogP contribution >= 0.6 is 0 Å². The van der Waals surface area contributed by atoms with Gasteiger partial charge in [0.25, 0.3) is 5.91 Å². The third-order valence-electron chi connectivity index (χ3n) is 4.68. The molecule has 0 bridgehead atoms. The Labute approximate surface area is 164 Å². The number of nitrogens with zero attached hydrogens (tertiary/aromatic N) is 1. The second kappa shape index (κ2) is 7.05. The van der Waals surface area contributed by atoms with E-state index in [9.17, 15) is 18.9 Å². The van der Waals surface area contributed by atoms with Crippen molar-refractivity contribution in [3.05, 3.63) is 89.0 Å². The van der Waals surface area contributed by atoms with Crippen molar-refractivity contribution in [3.63, 3.8) is 0 Å². The van der Waals surface area contributed by atoms with E-state index >= 15 is 0 Å². The van der Waals surface area contributed by atoms with Crippen LogP contribution in [0, 0.1) is 6.92 Å². The van der Waals surface area contributed by atoms with Gasteiger partial charge in [-0.1, -0.05) is 42.0 Å². The number of carboxylic acid groups (broad SMARTS) is 1. The van der Waals surface area contributed by atoms with E-state index in [0.29, 0.717) is 21.0 Å². The molecule has 0 fully saturated rings. The molecule has 0 aromatic heterocycles. The average molecular weight is 391 g/mol. The lowest BCUT2D eigenvalue weighted by Crippen LogP contribution is -2.30. The van der Waals surface area contributed by atoms with Gasteiger partial charge in [0.2, 0.25) is 0 Å². The second-order valence-electron chi connectivity index (χ2n) is 6.63. The minimum atomic E-state index is -1.59. The smallest absolute Gasteiger partial charge is 0.335 e. The Balaban J connectivity index is 1.93. The summed E-state index contributed by atoms with van der Waals surface area (Å²) >= 11 is 0. The van der Waals surface area contributed by atoms with Gasteiger partial charge in [0.15, 0.2) is 0 Å². The highest BCUT2D eigenvalue weighted by Crippen LogP contribution is 2.36. The highest BCUT2D eigenvalue weighted by Gasteiger charge is 2.31. The summed E-state index contributed by atoms with van der Waals surface area (Å²) in [6, 6.07) is 18.9. The fraction of sp³-hybridized carbons (Fsp3) is 0.0909.